The Balaban J connectivity index is 1.60. The lowest BCUT2D eigenvalue weighted by atomic mass is 10.0. The molecule has 2 heterocycles. The predicted molar refractivity (Wildman–Crippen MR) is 84.2 cm³/mol. The molecule has 0 spiro atoms. The van der Waals surface area contributed by atoms with Crippen LogP contribution in [0.5, 0.6) is 0 Å². The highest BCUT2D eigenvalue weighted by atomic mass is 32.1. The van der Waals surface area contributed by atoms with E-state index in [9.17, 15) is 0 Å². The van der Waals surface area contributed by atoms with E-state index in [0.29, 0.717) is 11.5 Å². The zero-order valence-corrected chi connectivity index (χ0v) is 13.0. The molecule has 0 saturated heterocycles. The van der Waals surface area contributed by atoms with Crippen molar-refractivity contribution in [1.82, 2.24) is 10.3 Å². The van der Waals surface area contributed by atoms with Gasteiger partial charge in [-0.2, -0.15) is 0 Å². The maximum Gasteiger partial charge on any atom is 0.0809 e. The van der Waals surface area contributed by atoms with Crippen molar-refractivity contribution >= 4 is 21.6 Å². The van der Waals surface area contributed by atoms with E-state index in [-0.39, 0.29) is 0 Å². The lowest BCUT2D eigenvalue weighted by molar-refractivity contribution is 0.170. The normalized spacial score (nSPS) is 18.3. The number of hydrogen-bond donors (Lipinski definition) is 1. The third-order valence-electron chi connectivity index (χ3n) is 4.40. The van der Waals surface area contributed by atoms with Crippen molar-refractivity contribution in [3.8, 4) is 0 Å². The van der Waals surface area contributed by atoms with Crippen LogP contribution in [0.15, 0.2) is 23.7 Å². The number of nitrogens with one attached hydrogen (secondary N) is 1. The highest BCUT2D eigenvalue weighted by molar-refractivity contribution is 7.17. The first-order chi connectivity index (χ1) is 9.72. The van der Waals surface area contributed by atoms with Crippen LogP contribution in [-0.4, -0.2) is 25.2 Å². The minimum Gasteiger partial charge on any atom is -0.385 e. The van der Waals surface area contributed by atoms with E-state index in [4.69, 9.17) is 4.74 Å². The van der Waals surface area contributed by atoms with Crippen LogP contribution in [0.1, 0.15) is 37.8 Å². The number of fused-ring (bicyclic) bond motifs is 1. The zero-order chi connectivity index (χ0) is 14.0. The first kappa shape index (κ1) is 14.0. The molecule has 4 heteroatoms. The summed E-state index contributed by atoms with van der Waals surface area (Å²) in [5.41, 5.74) is 2.87. The van der Waals surface area contributed by atoms with Crippen molar-refractivity contribution < 1.29 is 4.74 Å². The summed E-state index contributed by atoms with van der Waals surface area (Å²) in [4.78, 5) is 4.52. The highest BCUT2D eigenvalue weighted by Crippen LogP contribution is 2.48. The van der Waals surface area contributed by atoms with Gasteiger partial charge < -0.3 is 10.1 Å². The molecule has 0 bridgehead atoms. The summed E-state index contributed by atoms with van der Waals surface area (Å²) in [6.45, 7) is 4.18. The van der Waals surface area contributed by atoms with Crippen molar-refractivity contribution in [2.45, 2.75) is 32.2 Å². The van der Waals surface area contributed by atoms with Gasteiger partial charge in [0, 0.05) is 32.5 Å². The number of rotatable bonds is 7. The Bertz CT molecular complexity index is 577. The van der Waals surface area contributed by atoms with E-state index >= 15 is 0 Å². The van der Waals surface area contributed by atoms with Crippen LogP contribution in [0.3, 0.4) is 0 Å². The number of hydrogen-bond acceptors (Lipinski definition) is 4. The van der Waals surface area contributed by atoms with Crippen LogP contribution >= 0.6 is 11.3 Å². The molecule has 108 valence electrons. The van der Waals surface area contributed by atoms with Gasteiger partial charge in [0.15, 0.2) is 0 Å². The molecule has 2 aromatic rings. The second-order valence-electron chi connectivity index (χ2n) is 5.92. The van der Waals surface area contributed by atoms with E-state index < -0.39 is 0 Å². The Morgan fingerprint density at radius 1 is 1.50 bits per heavy atom. The molecular formula is C16H22N2OS. The minimum absolute atomic E-state index is 0.356. The smallest absolute Gasteiger partial charge is 0.0809 e. The first-order valence-electron chi connectivity index (χ1n) is 7.28. The van der Waals surface area contributed by atoms with Crippen LogP contribution in [0, 0.1) is 5.41 Å². The molecule has 1 fully saturated rings. The van der Waals surface area contributed by atoms with Crippen LogP contribution in [0.2, 0.25) is 0 Å². The summed E-state index contributed by atoms with van der Waals surface area (Å²) in [5.74, 6) is 0. The van der Waals surface area contributed by atoms with Crippen LogP contribution in [-0.2, 0) is 4.74 Å². The lowest BCUT2D eigenvalue weighted by Crippen LogP contribution is -2.27. The molecule has 0 aliphatic heterocycles. The molecule has 0 radical (unpaired) electrons. The largest absolute Gasteiger partial charge is 0.385 e. The van der Waals surface area contributed by atoms with E-state index in [2.05, 4.69) is 34.7 Å². The topological polar surface area (TPSA) is 34.1 Å². The number of nitrogens with zero attached hydrogens (tertiary/aromatic N) is 1. The van der Waals surface area contributed by atoms with Crippen molar-refractivity contribution in [2.75, 3.05) is 20.3 Å². The molecule has 1 unspecified atom stereocenters. The molecular weight excluding hydrogens is 268 g/mol. The highest BCUT2D eigenvalue weighted by Gasteiger charge is 2.41. The molecule has 20 heavy (non-hydrogen) atoms. The molecule has 3 rings (SSSR count). The summed E-state index contributed by atoms with van der Waals surface area (Å²) in [6.07, 6.45) is 5.84. The second-order valence-corrected chi connectivity index (χ2v) is 6.87. The maximum atomic E-state index is 5.21. The van der Waals surface area contributed by atoms with E-state index in [1.165, 1.54) is 29.5 Å². The fourth-order valence-corrected chi connectivity index (χ4v) is 3.39. The Kier molecular flexibility index (Phi) is 4.06. The minimum atomic E-state index is 0.356. The van der Waals surface area contributed by atoms with E-state index in [1.54, 1.807) is 18.4 Å². The van der Waals surface area contributed by atoms with Crippen molar-refractivity contribution in [3.63, 3.8) is 0 Å². The van der Waals surface area contributed by atoms with Gasteiger partial charge in [0.05, 0.1) is 10.2 Å². The number of methoxy groups -OCH3 is 1. The van der Waals surface area contributed by atoms with Gasteiger partial charge in [0.25, 0.3) is 0 Å². The van der Waals surface area contributed by atoms with Gasteiger partial charge >= 0.3 is 0 Å². The predicted octanol–water partition coefficient (Wildman–Crippen LogP) is 3.76. The molecule has 1 saturated carbocycles. The maximum absolute atomic E-state index is 5.21. The Morgan fingerprint density at radius 3 is 3.10 bits per heavy atom. The average Bonchev–Trinajstić information content (AvgIpc) is 3.09. The van der Waals surface area contributed by atoms with Gasteiger partial charge in [-0.25, -0.2) is 0 Å². The van der Waals surface area contributed by atoms with Crippen molar-refractivity contribution in [1.29, 1.82) is 0 Å². The van der Waals surface area contributed by atoms with Gasteiger partial charge in [-0.1, -0.05) is 0 Å². The average molecular weight is 290 g/mol. The third-order valence-corrected chi connectivity index (χ3v) is 5.25. The molecule has 0 amide bonds. The SMILES string of the molecule is COCCC1(CNC(C)c2cnc3ccsc3c2)CC1. The van der Waals surface area contributed by atoms with Crippen LogP contribution < -0.4 is 5.32 Å². The lowest BCUT2D eigenvalue weighted by Gasteiger charge is -2.20. The Labute approximate surface area is 124 Å². The molecule has 1 N–H and O–H groups in total. The summed E-state index contributed by atoms with van der Waals surface area (Å²) in [6, 6.07) is 4.69. The Morgan fingerprint density at radius 2 is 2.35 bits per heavy atom. The summed E-state index contributed by atoms with van der Waals surface area (Å²) in [7, 11) is 1.79. The number of pyridine rings is 1. The fraction of sp³-hybridized carbons (Fsp3) is 0.562. The molecule has 3 nitrogen and oxygen atoms in total. The quantitative estimate of drug-likeness (QED) is 0.843. The van der Waals surface area contributed by atoms with Gasteiger partial charge in [0.1, 0.15) is 0 Å². The summed E-state index contributed by atoms with van der Waals surface area (Å²) in [5, 5.41) is 5.78. The monoisotopic (exact) mass is 290 g/mol. The van der Waals surface area contributed by atoms with E-state index in [0.717, 1.165) is 18.7 Å². The van der Waals surface area contributed by atoms with E-state index in [1.807, 2.05) is 6.20 Å². The zero-order valence-electron chi connectivity index (χ0n) is 12.2. The van der Waals surface area contributed by atoms with Crippen LogP contribution in [0.25, 0.3) is 10.2 Å². The standard InChI is InChI=1S/C16H22N2OS/c1-12(18-11-16(4-5-16)6-7-19-2)13-9-15-14(17-10-13)3-8-20-15/h3,8-10,12,18H,4-7,11H2,1-2H3. The fourth-order valence-electron chi connectivity index (χ4n) is 2.60. The van der Waals surface area contributed by atoms with Gasteiger partial charge in [0.2, 0.25) is 0 Å². The molecule has 1 atom stereocenters. The summed E-state index contributed by atoms with van der Waals surface area (Å²) >= 11 is 1.76. The summed E-state index contributed by atoms with van der Waals surface area (Å²) < 4.78 is 6.49. The van der Waals surface area contributed by atoms with Gasteiger partial charge in [-0.15, -0.1) is 11.3 Å². The number of aromatic nitrogens is 1. The number of thiophene rings is 1. The third kappa shape index (κ3) is 3.03. The second kappa shape index (κ2) is 5.80. The van der Waals surface area contributed by atoms with Gasteiger partial charge in [-0.05, 0) is 54.7 Å². The Hall–Kier alpha value is -0.970. The van der Waals surface area contributed by atoms with Crippen LogP contribution in [0.4, 0.5) is 0 Å². The van der Waals surface area contributed by atoms with Crippen molar-refractivity contribution in [2.24, 2.45) is 5.41 Å². The number of ether oxygens (including phenoxy) is 1. The van der Waals surface area contributed by atoms with Crippen molar-refractivity contribution in [3.05, 3.63) is 29.3 Å². The molecule has 1 aliphatic carbocycles. The first-order valence-corrected chi connectivity index (χ1v) is 8.16. The van der Waals surface area contributed by atoms with Gasteiger partial charge in [-0.3, -0.25) is 4.98 Å². The molecule has 1 aliphatic rings. The molecule has 0 aromatic carbocycles. The molecule has 2 aromatic heterocycles.